The van der Waals surface area contributed by atoms with Gasteiger partial charge in [-0.1, -0.05) is 20.8 Å². The summed E-state index contributed by atoms with van der Waals surface area (Å²) in [7, 11) is 0.915. The van der Waals surface area contributed by atoms with Gasteiger partial charge in [0.2, 0.25) is 0 Å². The van der Waals surface area contributed by atoms with E-state index < -0.39 is 0 Å². The molecule has 2 aromatic rings. The highest BCUT2D eigenvalue weighted by molar-refractivity contribution is 6.39. The van der Waals surface area contributed by atoms with Gasteiger partial charge in [0.25, 0.3) is 0 Å². The third-order valence-corrected chi connectivity index (χ3v) is 4.15. The minimum absolute atomic E-state index is 0.392. The summed E-state index contributed by atoms with van der Waals surface area (Å²) in [4.78, 5) is 12.6. The number of ether oxygens (including phenoxy) is 1. The van der Waals surface area contributed by atoms with E-state index in [4.69, 9.17) is 4.74 Å². The average Bonchev–Trinajstić information content (AvgIpc) is 2.86. The second-order valence-electron chi connectivity index (χ2n) is 5.53. The molecular weight excluding hydrogens is 268 g/mol. The molecule has 0 bridgehead atoms. The first-order chi connectivity index (χ1) is 9.56. The Morgan fingerprint density at radius 2 is 2.05 bits per heavy atom. The van der Waals surface area contributed by atoms with Gasteiger partial charge in [-0.25, -0.2) is 9.97 Å². The normalized spacial score (nSPS) is 11.8. The Hall–Kier alpha value is -1.53. The van der Waals surface area contributed by atoms with Crippen LogP contribution < -0.4 is 0 Å². The molecule has 0 saturated carbocycles. The number of rotatable bonds is 6. The lowest BCUT2D eigenvalue weighted by Crippen LogP contribution is -2.12. The molecule has 2 rings (SSSR count). The first-order valence-electron chi connectivity index (χ1n) is 6.66. The lowest BCUT2D eigenvalue weighted by molar-refractivity contribution is 0.0886. The number of aromatic nitrogens is 4. The van der Waals surface area contributed by atoms with Gasteiger partial charge in [-0.15, -0.1) is 0 Å². The largest absolute Gasteiger partial charge is 0.361 e. The zero-order chi connectivity index (χ0) is 14.4. The lowest BCUT2D eigenvalue weighted by atomic mass is 10.3. The highest BCUT2D eigenvalue weighted by Gasteiger charge is 2.11. The first kappa shape index (κ1) is 14.9. The van der Waals surface area contributed by atoms with Gasteiger partial charge in [-0.05, 0) is 11.1 Å². The molecule has 0 aromatic carbocycles. The minimum atomic E-state index is 0.392. The van der Waals surface area contributed by atoms with Gasteiger partial charge < -0.3 is 9.30 Å². The Balaban J connectivity index is 1.84. The van der Waals surface area contributed by atoms with Crippen molar-refractivity contribution in [2.45, 2.75) is 38.6 Å². The van der Waals surface area contributed by atoms with Crippen LogP contribution >= 0.6 is 0 Å². The van der Waals surface area contributed by atoms with Crippen LogP contribution in [-0.4, -0.2) is 35.6 Å². The average molecular weight is 288 g/mol. The summed E-state index contributed by atoms with van der Waals surface area (Å²) in [6, 6.07) is 1.10. The standard InChI is InChI=1S/C14H20N4OSi/c1-14(2,3)20-9-8-19-11-18-7-6-17-13(18)12-10-15-4-5-16-12/h4-7,10H,8-9,11H2,1-3H3. The summed E-state index contributed by atoms with van der Waals surface area (Å²) in [5.41, 5.74) is 0.762. The Morgan fingerprint density at radius 3 is 2.75 bits per heavy atom. The van der Waals surface area contributed by atoms with Gasteiger partial charge in [0.1, 0.15) is 12.4 Å². The smallest absolute Gasteiger partial charge is 0.162 e. The molecule has 5 nitrogen and oxygen atoms in total. The minimum Gasteiger partial charge on any atom is -0.361 e. The molecule has 0 saturated heterocycles. The molecule has 0 unspecified atom stereocenters. The molecule has 0 aliphatic rings. The first-order valence-corrected chi connectivity index (χ1v) is 7.87. The molecule has 0 fully saturated rings. The second kappa shape index (κ2) is 6.76. The van der Waals surface area contributed by atoms with Crippen molar-refractivity contribution in [1.82, 2.24) is 19.5 Å². The molecule has 0 aliphatic carbocycles. The molecule has 2 radical (unpaired) electrons. The van der Waals surface area contributed by atoms with Crippen molar-refractivity contribution in [3.63, 3.8) is 0 Å². The van der Waals surface area contributed by atoms with Crippen LogP contribution in [0.25, 0.3) is 11.5 Å². The fraction of sp³-hybridized carbons (Fsp3) is 0.500. The lowest BCUT2D eigenvalue weighted by Gasteiger charge is -2.16. The molecule has 0 spiro atoms. The van der Waals surface area contributed by atoms with E-state index in [0.29, 0.717) is 11.8 Å². The van der Waals surface area contributed by atoms with Crippen LogP contribution in [0.5, 0.6) is 0 Å². The maximum atomic E-state index is 5.72. The maximum absolute atomic E-state index is 5.72. The highest BCUT2D eigenvalue weighted by Crippen LogP contribution is 2.21. The highest BCUT2D eigenvalue weighted by atomic mass is 28.2. The van der Waals surface area contributed by atoms with E-state index in [2.05, 4.69) is 35.7 Å². The van der Waals surface area contributed by atoms with E-state index in [1.807, 2.05) is 10.8 Å². The Bertz CT molecular complexity index is 521. The molecule has 0 amide bonds. The molecule has 0 atom stereocenters. The summed E-state index contributed by atoms with van der Waals surface area (Å²) in [6.45, 7) is 8.04. The van der Waals surface area contributed by atoms with Gasteiger partial charge in [-0.3, -0.25) is 4.98 Å². The maximum Gasteiger partial charge on any atom is 0.162 e. The quantitative estimate of drug-likeness (QED) is 0.606. The van der Waals surface area contributed by atoms with E-state index >= 15 is 0 Å². The molecular formula is C14H20N4OSi. The zero-order valence-electron chi connectivity index (χ0n) is 12.2. The summed E-state index contributed by atoms with van der Waals surface area (Å²) in [6.07, 6.45) is 8.68. The fourth-order valence-corrected chi connectivity index (χ4v) is 2.72. The van der Waals surface area contributed by atoms with Crippen LogP contribution in [0.1, 0.15) is 20.8 Å². The predicted octanol–water partition coefficient (Wildman–Crippen LogP) is 2.66. The van der Waals surface area contributed by atoms with Gasteiger partial charge >= 0.3 is 0 Å². The summed E-state index contributed by atoms with van der Waals surface area (Å²) >= 11 is 0. The molecule has 2 aromatic heterocycles. The van der Waals surface area contributed by atoms with Gasteiger partial charge in [0.05, 0.1) is 6.20 Å². The molecule has 20 heavy (non-hydrogen) atoms. The van der Waals surface area contributed by atoms with Gasteiger partial charge in [0.15, 0.2) is 5.82 Å². The molecule has 0 N–H and O–H groups in total. The van der Waals surface area contributed by atoms with Crippen molar-refractivity contribution in [3.05, 3.63) is 31.0 Å². The predicted molar refractivity (Wildman–Crippen MR) is 79.5 cm³/mol. The third-order valence-electron chi connectivity index (χ3n) is 2.64. The van der Waals surface area contributed by atoms with E-state index in [9.17, 15) is 0 Å². The van der Waals surface area contributed by atoms with Crippen molar-refractivity contribution < 1.29 is 4.74 Å². The third kappa shape index (κ3) is 4.54. The SMILES string of the molecule is CC(C)(C)[Si]CCOCn1ccnc1-c1cnccn1. The molecule has 0 aliphatic heterocycles. The van der Waals surface area contributed by atoms with Crippen molar-refractivity contribution in [1.29, 1.82) is 0 Å². The van der Waals surface area contributed by atoms with Crippen molar-refractivity contribution in [2.75, 3.05) is 6.61 Å². The van der Waals surface area contributed by atoms with E-state index in [1.165, 1.54) is 0 Å². The Labute approximate surface area is 122 Å². The molecule has 2 heterocycles. The number of imidazole rings is 1. The van der Waals surface area contributed by atoms with E-state index in [1.54, 1.807) is 24.8 Å². The van der Waals surface area contributed by atoms with Crippen LogP contribution in [-0.2, 0) is 11.5 Å². The van der Waals surface area contributed by atoms with Gasteiger partial charge in [-0.2, -0.15) is 0 Å². The van der Waals surface area contributed by atoms with Crippen LogP contribution in [0.15, 0.2) is 31.0 Å². The van der Waals surface area contributed by atoms with Crippen molar-refractivity contribution >= 4 is 9.52 Å². The molecule has 106 valence electrons. The summed E-state index contributed by atoms with van der Waals surface area (Å²) in [5, 5.41) is 0.392. The zero-order valence-corrected chi connectivity index (χ0v) is 13.2. The van der Waals surface area contributed by atoms with Crippen LogP contribution in [0.2, 0.25) is 11.1 Å². The topological polar surface area (TPSA) is 52.8 Å². The van der Waals surface area contributed by atoms with E-state index in [0.717, 1.165) is 33.7 Å². The monoisotopic (exact) mass is 288 g/mol. The fourth-order valence-electron chi connectivity index (χ4n) is 1.72. The van der Waals surface area contributed by atoms with Crippen molar-refractivity contribution in [3.8, 4) is 11.5 Å². The van der Waals surface area contributed by atoms with E-state index in [-0.39, 0.29) is 0 Å². The number of hydrogen-bond acceptors (Lipinski definition) is 4. The number of hydrogen-bond donors (Lipinski definition) is 0. The Kier molecular flexibility index (Phi) is 5.03. The second-order valence-corrected chi connectivity index (χ2v) is 7.88. The van der Waals surface area contributed by atoms with Crippen molar-refractivity contribution in [2.24, 2.45) is 0 Å². The number of nitrogens with zero attached hydrogens (tertiary/aromatic N) is 4. The molecule has 6 heteroatoms. The summed E-state index contributed by atoms with van der Waals surface area (Å²) in [5.74, 6) is 0.788. The Morgan fingerprint density at radius 1 is 1.20 bits per heavy atom. The van der Waals surface area contributed by atoms with Crippen LogP contribution in [0.4, 0.5) is 0 Å². The van der Waals surface area contributed by atoms with Crippen LogP contribution in [0, 0.1) is 0 Å². The van der Waals surface area contributed by atoms with Gasteiger partial charge in [0, 0.05) is 40.9 Å². The summed E-state index contributed by atoms with van der Waals surface area (Å²) < 4.78 is 7.67. The van der Waals surface area contributed by atoms with Crippen LogP contribution in [0.3, 0.4) is 0 Å².